The van der Waals surface area contributed by atoms with Crippen molar-refractivity contribution in [3.05, 3.63) is 35.4 Å². The summed E-state index contributed by atoms with van der Waals surface area (Å²) in [6.07, 6.45) is 5.38. The first kappa shape index (κ1) is 20.9. The molecule has 2 atom stereocenters. The summed E-state index contributed by atoms with van der Waals surface area (Å²) in [4.78, 5) is 27.8. The predicted molar refractivity (Wildman–Crippen MR) is 112 cm³/mol. The minimum atomic E-state index is -0.490. The Kier molecular flexibility index (Phi) is 6.16. The Morgan fingerprint density at radius 3 is 2.14 bits per heavy atom. The van der Waals surface area contributed by atoms with Crippen molar-refractivity contribution in [3.8, 4) is 0 Å². The van der Waals surface area contributed by atoms with Gasteiger partial charge in [0.2, 0.25) is 0 Å². The summed E-state index contributed by atoms with van der Waals surface area (Å²) in [5.41, 5.74) is 1.60. The van der Waals surface area contributed by atoms with Crippen molar-refractivity contribution in [3.63, 3.8) is 0 Å². The van der Waals surface area contributed by atoms with Crippen molar-refractivity contribution in [2.75, 3.05) is 0 Å². The van der Waals surface area contributed by atoms with E-state index < -0.39 is 5.60 Å². The van der Waals surface area contributed by atoms with Crippen LogP contribution in [0.3, 0.4) is 0 Å². The molecule has 28 heavy (non-hydrogen) atoms. The van der Waals surface area contributed by atoms with Crippen LogP contribution in [0.1, 0.15) is 82.6 Å². The van der Waals surface area contributed by atoms with Crippen LogP contribution in [0.15, 0.2) is 24.3 Å². The van der Waals surface area contributed by atoms with Crippen LogP contribution in [0.2, 0.25) is 0 Å². The number of ether oxygens (including phenoxy) is 1. The SMILES string of the molecule is CC(C)Cc1ccc(C(=O)C2CC3CCCC(C2)N3C(=O)OC(C)(C)C)cc1. The van der Waals surface area contributed by atoms with Gasteiger partial charge in [-0.15, -0.1) is 0 Å². The molecule has 2 bridgehead atoms. The van der Waals surface area contributed by atoms with Crippen molar-refractivity contribution < 1.29 is 14.3 Å². The minimum Gasteiger partial charge on any atom is -0.444 e. The molecule has 0 aliphatic carbocycles. The van der Waals surface area contributed by atoms with Crippen molar-refractivity contribution in [2.45, 2.75) is 90.8 Å². The van der Waals surface area contributed by atoms with Gasteiger partial charge in [-0.3, -0.25) is 4.79 Å². The number of hydrogen-bond acceptors (Lipinski definition) is 3. The first-order valence-electron chi connectivity index (χ1n) is 10.8. The molecule has 0 saturated carbocycles. The maximum Gasteiger partial charge on any atom is 0.410 e. The average Bonchev–Trinajstić information content (AvgIpc) is 2.58. The molecule has 1 aromatic carbocycles. The molecule has 0 radical (unpaired) electrons. The van der Waals surface area contributed by atoms with E-state index in [1.54, 1.807) is 0 Å². The number of ketones is 1. The van der Waals surface area contributed by atoms with Crippen molar-refractivity contribution in [2.24, 2.45) is 11.8 Å². The number of amides is 1. The second-order valence-corrected chi connectivity index (χ2v) is 9.95. The summed E-state index contributed by atoms with van der Waals surface area (Å²) < 4.78 is 5.64. The average molecular weight is 386 g/mol. The number of Topliss-reactive ketones (excluding diaryl/α,β-unsaturated/α-hetero) is 1. The molecule has 2 saturated heterocycles. The number of piperidine rings is 2. The van der Waals surface area contributed by atoms with Crippen LogP contribution in [0, 0.1) is 11.8 Å². The Morgan fingerprint density at radius 2 is 1.64 bits per heavy atom. The van der Waals surface area contributed by atoms with Crippen LogP contribution in [-0.4, -0.2) is 34.5 Å². The first-order chi connectivity index (χ1) is 13.1. The van der Waals surface area contributed by atoms with Crippen LogP contribution in [0.25, 0.3) is 0 Å². The highest BCUT2D eigenvalue weighted by atomic mass is 16.6. The van der Waals surface area contributed by atoms with Crippen LogP contribution >= 0.6 is 0 Å². The standard InChI is InChI=1S/C24H35NO3/c1-16(2)13-17-9-11-18(12-10-17)22(26)19-14-20-7-6-8-21(15-19)25(20)23(27)28-24(3,4)5/h9-12,16,19-21H,6-8,13-15H2,1-5H3. The number of nitrogens with zero attached hydrogens (tertiary/aromatic N) is 1. The fourth-order valence-corrected chi connectivity index (χ4v) is 4.72. The summed E-state index contributed by atoms with van der Waals surface area (Å²) >= 11 is 0. The third kappa shape index (κ3) is 4.95. The molecule has 154 valence electrons. The third-order valence-electron chi connectivity index (χ3n) is 5.83. The van der Waals surface area contributed by atoms with E-state index in [9.17, 15) is 9.59 Å². The lowest BCUT2D eigenvalue weighted by Crippen LogP contribution is -2.56. The summed E-state index contributed by atoms with van der Waals surface area (Å²) in [5, 5.41) is 0. The van der Waals surface area contributed by atoms with Gasteiger partial charge in [-0.2, -0.15) is 0 Å². The molecule has 0 spiro atoms. The zero-order valence-corrected chi connectivity index (χ0v) is 18.0. The van der Waals surface area contributed by atoms with E-state index in [-0.39, 0.29) is 29.9 Å². The van der Waals surface area contributed by atoms with Gasteiger partial charge in [0.05, 0.1) is 0 Å². The van der Waals surface area contributed by atoms with Gasteiger partial charge in [0, 0.05) is 23.6 Å². The van der Waals surface area contributed by atoms with E-state index in [1.807, 2.05) is 37.8 Å². The number of fused-ring (bicyclic) bond motifs is 2. The number of carbonyl (C=O) groups excluding carboxylic acids is 2. The van der Waals surface area contributed by atoms with E-state index in [4.69, 9.17) is 4.74 Å². The second kappa shape index (κ2) is 8.26. The van der Waals surface area contributed by atoms with Gasteiger partial charge in [-0.1, -0.05) is 38.1 Å². The molecule has 4 nitrogen and oxygen atoms in total. The highest BCUT2D eigenvalue weighted by molar-refractivity contribution is 5.98. The maximum absolute atomic E-state index is 13.1. The molecule has 2 unspecified atom stereocenters. The topological polar surface area (TPSA) is 46.6 Å². The summed E-state index contributed by atoms with van der Waals surface area (Å²) in [6, 6.07) is 8.38. The largest absolute Gasteiger partial charge is 0.444 e. The molecule has 3 rings (SSSR count). The molecule has 1 amide bonds. The van der Waals surface area contributed by atoms with E-state index in [0.29, 0.717) is 5.92 Å². The second-order valence-electron chi connectivity index (χ2n) is 9.95. The van der Waals surface area contributed by atoms with Crippen LogP contribution in [-0.2, 0) is 11.2 Å². The smallest absolute Gasteiger partial charge is 0.410 e. The zero-order chi connectivity index (χ0) is 20.5. The van der Waals surface area contributed by atoms with Gasteiger partial charge in [0.15, 0.2) is 5.78 Å². The molecule has 2 fully saturated rings. The van der Waals surface area contributed by atoms with E-state index in [0.717, 1.165) is 44.1 Å². The molecular weight excluding hydrogens is 350 g/mol. The quantitative estimate of drug-likeness (QED) is 0.631. The van der Waals surface area contributed by atoms with E-state index in [1.165, 1.54) is 5.56 Å². The number of benzene rings is 1. The Balaban J connectivity index is 1.69. The molecule has 2 aliphatic heterocycles. The first-order valence-corrected chi connectivity index (χ1v) is 10.8. The number of carbonyl (C=O) groups is 2. The lowest BCUT2D eigenvalue weighted by Gasteiger charge is -2.48. The lowest BCUT2D eigenvalue weighted by atomic mass is 9.76. The Hall–Kier alpha value is -1.84. The van der Waals surface area contributed by atoms with Gasteiger partial charge in [0.1, 0.15) is 5.60 Å². The van der Waals surface area contributed by atoms with Crippen LogP contribution in [0.5, 0.6) is 0 Å². The number of hydrogen-bond donors (Lipinski definition) is 0. The van der Waals surface area contributed by atoms with Gasteiger partial charge in [-0.25, -0.2) is 4.79 Å². The van der Waals surface area contributed by atoms with Crippen molar-refractivity contribution in [1.29, 1.82) is 0 Å². The zero-order valence-electron chi connectivity index (χ0n) is 18.0. The van der Waals surface area contributed by atoms with Gasteiger partial charge in [-0.05, 0) is 70.8 Å². The molecular formula is C24H35NO3. The predicted octanol–water partition coefficient (Wildman–Crippen LogP) is 5.64. The Morgan fingerprint density at radius 1 is 1.07 bits per heavy atom. The van der Waals surface area contributed by atoms with Gasteiger partial charge >= 0.3 is 6.09 Å². The Bertz CT molecular complexity index is 688. The molecule has 0 aromatic heterocycles. The fourth-order valence-electron chi connectivity index (χ4n) is 4.72. The number of rotatable bonds is 4. The normalized spacial score (nSPS) is 24.9. The van der Waals surface area contributed by atoms with E-state index >= 15 is 0 Å². The minimum absolute atomic E-state index is 0.00457. The van der Waals surface area contributed by atoms with Gasteiger partial charge in [0.25, 0.3) is 0 Å². The molecule has 2 heterocycles. The maximum atomic E-state index is 13.1. The summed E-state index contributed by atoms with van der Waals surface area (Å²) in [5.74, 6) is 0.847. The van der Waals surface area contributed by atoms with Crippen molar-refractivity contribution >= 4 is 11.9 Å². The molecule has 1 aromatic rings. The summed E-state index contributed by atoms with van der Waals surface area (Å²) in [7, 11) is 0. The van der Waals surface area contributed by atoms with Crippen LogP contribution < -0.4 is 0 Å². The molecule has 0 N–H and O–H groups in total. The van der Waals surface area contributed by atoms with Crippen LogP contribution in [0.4, 0.5) is 4.79 Å². The monoisotopic (exact) mass is 385 g/mol. The molecule has 4 heteroatoms. The van der Waals surface area contributed by atoms with Crippen molar-refractivity contribution in [1.82, 2.24) is 4.90 Å². The fraction of sp³-hybridized carbons (Fsp3) is 0.667. The Labute approximate surface area is 169 Å². The molecule has 2 aliphatic rings. The highest BCUT2D eigenvalue weighted by Gasteiger charge is 2.44. The third-order valence-corrected chi connectivity index (χ3v) is 5.83. The highest BCUT2D eigenvalue weighted by Crippen LogP contribution is 2.39. The summed E-state index contributed by atoms with van der Waals surface area (Å²) in [6.45, 7) is 10.1. The van der Waals surface area contributed by atoms with Gasteiger partial charge < -0.3 is 9.64 Å². The van der Waals surface area contributed by atoms with E-state index in [2.05, 4.69) is 26.0 Å². The lowest BCUT2D eigenvalue weighted by molar-refractivity contribution is -0.0260.